The first-order valence-electron chi connectivity index (χ1n) is 10.2. The molecule has 0 fully saturated rings. The molecule has 0 aromatic carbocycles. The maximum absolute atomic E-state index is 11.8. The van der Waals surface area contributed by atoms with Gasteiger partial charge in [0.1, 0.15) is 25.8 Å². The fraction of sp³-hybridized carbons (Fsp3) is 0.889. The van der Waals surface area contributed by atoms with Crippen LogP contribution in [0.3, 0.4) is 0 Å². The van der Waals surface area contributed by atoms with Crippen molar-refractivity contribution in [1.82, 2.24) is 10.2 Å². The van der Waals surface area contributed by atoms with Crippen LogP contribution < -0.4 is 23.4 Å². The zero-order valence-electron chi connectivity index (χ0n) is 17.3. The Morgan fingerprint density at radius 2 is 1.21 bits per heavy atom. The molecule has 0 saturated carbocycles. The van der Waals surface area contributed by atoms with Crippen molar-refractivity contribution in [3.63, 3.8) is 0 Å². The second kappa shape index (κ2) is 17.8. The number of carbonyl (C=O) groups excluding carboxylic acids is 2. The molecular weight excluding hydrogens is 364 g/mol. The molecule has 0 aromatic rings. The maximum atomic E-state index is 11.8. The predicted molar refractivity (Wildman–Crippen MR) is 107 cm³/mol. The van der Waals surface area contributed by atoms with Crippen LogP contribution in [0, 0.1) is 0 Å². The summed E-state index contributed by atoms with van der Waals surface area (Å²) in [5.74, 6) is 19.7. The van der Waals surface area contributed by atoms with Crippen molar-refractivity contribution in [2.75, 3.05) is 19.7 Å². The Bertz CT molecular complexity index is 410. The van der Waals surface area contributed by atoms with E-state index in [0.717, 1.165) is 29.5 Å². The Balaban J connectivity index is 4.05. The number of nitrogens with zero attached hydrogens (tertiary/aromatic N) is 2. The molecule has 10 nitrogen and oxygen atoms in total. The molecule has 0 rings (SSSR count). The van der Waals surface area contributed by atoms with E-state index in [1.54, 1.807) is 0 Å². The standard InChI is InChI=1S/C18H40N6O4/c1-2-3-4-5-6-7-8-9-10-11-12-16(28-18(26)14-24(21)22)15-27-17(25)13-23(19)20/h16H,2-15,19-22H2,1H3. The highest BCUT2D eigenvalue weighted by atomic mass is 16.6. The molecule has 166 valence electrons. The predicted octanol–water partition coefficient (Wildman–Crippen LogP) is 0.851. The highest BCUT2D eigenvalue weighted by molar-refractivity contribution is 5.72. The first-order chi connectivity index (χ1) is 13.3. The third-order valence-corrected chi connectivity index (χ3v) is 4.23. The molecular formula is C18H40N6O4. The number of ether oxygens (including phenoxy) is 2. The van der Waals surface area contributed by atoms with Gasteiger partial charge in [0.25, 0.3) is 0 Å². The van der Waals surface area contributed by atoms with Crippen molar-refractivity contribution in [3.05, 3.63) is 0 Å². The third-order valence-electron chi connectivity index (χ3n) is 4.23. The lowest BCUT2D eigenvalue weighted by molar-refractivity contribution is -0.161. The molecule has 1 atom stereocenters. The minimum absolute atomic E-state index is 0.0506. The fourth-order valence-electron chi connectivity index (χ4n) is 2.79. The number of carbonyl (C=O) groups is 2. The van der Waals surface area contributed by atoms with Crippen LogP contribution in [0.25, 0.3) is 0 Å². The van der Waals surface area contributed by atoms with Crippen molar-refractivity contribution >= 4 is 11.9 Å². The third kappa shape index (κ3) is 18.1. The number of esters is 2. The number of rotatable bonds is 18. The van der Waals surface area contributed by atoms with E-state index in [1.807, 2.05) is 0 Å². The van der Waals surface area contributed by atoms with Gasteiger partial charge in [0.2, 0.25) is 0 Å². The monoisotopic (exact) mass is 404 g/mol. The first-order valence-corrected chi connectivity index (χ1v) is 10.2. The minimum atomic E-state index is -0.589. The van der Waals surface area contributed by atoms with E-state index in [4.69, 9.17) is 32.8 Å². The van der Waals surface area contributed by atoms with Crippen LogP contribution >= 0.6 is 0 Å². The lowest BCUT2D eigenvalue weighted by Gasteiger charge is -2.19. The molecule has 10 heteroatoms. The van der Waals surface area contributed by atoms with Crippen LogP contribution in [-0.4, -0.2) is 48.0 Å². The van der Waals surface area contributed by atoms with E-state index in [0.29, 0.717) is 6.42 Å². The summed E-state index contributed by atoms with van der Waals surface area (Å²) >= 11 is 0. The smallest absolute Gasteiger partial charge is 0.323 e. The Hall–Kier alpha value is -1.30. The Labute approximate surface area is 168 Å². The second-order valence-corrected chi connectivity index (χ2v) is 7.11. The number of nitrogens with two attached hydrogens (primary N) is 4. The summed E-state index contributed by atoms with van der Waals surface area (Å²) in [6.45, 7) is 1.67. The summed E-state index contributed by atoms with van der Waals surface area (Å²) in [5.41, 5.74) is 0. The minimum Gasteiger partial charge on any atom is -0.461 e. The SMILES string of the molecule is CCCCCCCCCCCCC(COC(=O)CN(N)N)OC(=O)CN(N)N. The van der Waals surface area contributed by atoms with Gasteiger partial charge in [0.15, 0.2) is 0 Å². The molecule has 0 aliphatic rings. The zero-order chi connectivity index (χ0) is 21.2. The van der Waals surface area contributed by atoms with E-state index >= 15 is 0 Å². The number of hydrazine groups is 4. The lowest BCUT2D eigenvalue weighted by Crippen LogP contribution is -2.44. The van der Waals surface area contributed by atoms with Gasteiger partial charge in [0.05, 0.1) is 0 Å². The summed E-state index contributed by atoms with van der Waals surface area (Å²) in [5, 5.41) is 1.47. The molecule has 0 amide bonds. The molecule has 0 spiro atoms. The van der Waals surface area contributed by atoms with Crippen molar-refractivity contribution in [1.29, 1.82) is 0 Å². The molecule has 8 N–H and O–H groups in total. The van der Waals surface area contributed by atoms with Gasteiger partial charge in [-0.2, -0.15) is 10.2 Å². The molecule has 0 radical (unpaired) electrons. The fourth-order valence-corrected chi connectivity index (χ4v) is 2.79. The summed E-state index contributed by atoms with van der Waals surface area (Å²) in [6.07, 6.45) is 12.1. The van der Waals surface area contributed by atoms with Gasteiger partial charge in [-0.3, -0.25) is 33.0 Å². The second-order valence-electron chi connectivity index (χ2n) is 7.11. The largest absolute Gasteiger partial charge is 0.461 e. The number of hydrogen-bond donors (Lipinski definition) is 4. The van der Waals surface area contributed by atoms with E-state index in [2.05, 4.69) is 6.92 Å². The van der Waals surface area contributed by atoms with Gasteiger partial charge in [-0.15, -0.1) is 0 Å². The molecule has 0 aliphatic heterocycles. The van der Waals surface area contributed by atoms with Crippen LogP contribution in [0.1, 0.15) is 77.6 Å². The van der Waals surface area contributed by atoms with Gasteiger partial charge < -0.3 is 9.47 Å². The van der Waals surface area contributed by atoms with Crippen LogP contribution in [0.4, 0.5) is 0 Å². The summed E-state index contributed by atoms with van der Waals surface area (Å²) in [6, 6.07) is 0. The molecule has 0 aromatic heterocycles. The molecule has 0 aliphatic carbocycles. The van der Waals surface area contributed by atoms with Crippen LogP contribution in [0.15, 0.2) is 0 Å². The van der Waals surface area contributed by atoms with Gasteiger partial charge in [-0.1, -0.05) is 64.7 Å². The van der Waals surface area contributed by atoms with E-state index in [1.165, 1.54) is 44.9 Å². The van der Waals surface area contributed by atoms with Crippen LogP contribution in [-0.2, 0) is 19.1 Å². The van der Waals surface area contributed by atoms with Gasteiger partial charge in [-0.05, 0) is 12.8 Å². The topological polar surface area (TPSA) is 163 Å². The quantitative estimate of drug-likeness (QED) is 0.111. The highest BCUT2D eigenvalue weighted by Crippen LogP contribution is 2.13. The van der Waals surface area contributed by atoms with Crippen LogP contribution in [0.5, 0.6) is 0 Å². The molecule has 1 unspecified atom stereocenters. The van der Waals surface area contributed by atoms with E-state index in [9.17, 15) is 9.59 Å². The first kappa shape index (κ1) is 26.7. The van der Waals surface area contributed by atoms with Gasteiger partial charge in [0, 0.05) is 0 Å². The number of unbranched alkanes of at least 4 members (excludes halogenated alkanes) is 9. The summed E-state index contributed by atoms with van der Waals surface area (Å²) < 4.78 is 10.4. The average molecular weight is 405 g/mol. The maximum Gasteiger partial charge on any atom is 0.323 e. The van der Waals surface area contributed by atoms with Crippen molar-refractivity contribution < 1.29 is 19.1 Å². The Morgan fingerprint density at radius 1 is 0.750 bits per heavy atom. The normalized spacial score (nSPS) is 12.4. The summed E-state index contributed by atoms with van der Waals surface area (Å²) in [7, 11) is 0. The molecule has 0 saturated heterocycles. The Morgan fingerprint density at radius 3 is 1.71 bits per heavy atom. The Kier molecular flexibility index (Phi) is 16.9. The van der Waals surface area contributed by atoms with Gasteiger partial charge >= 0.3 is 11.9 Å². The van der Waals surface area contributed by atoms with Crippen LogP contribution in [0.2, 0.25) is 0 Å². The van der Waals surface area contributed by atoms with Crippen molar-refractivity contribution in [3.8, 4) is 0 Å². The van der Waals surface area contributed by atoms with E-state index < -0.39 is 18.0 Å². The lowest BCUT2D eigenvalue weighted by atomic mass is 10.0. The van der Waals surface area contributed by atoms with Crippen molar-refractivity contribution in [2.45, 2.75) is 83.7 Å². The molecule has 0 heterocycles. The number of hydrogen-bond acceptors (Lipinski definition) is 10. The summed E-state index contributed by atoms with van der Waals surface area (Å²) in [4.78, 5) is 23.3. The van der Waals surface area contributed by atoms with E-state index in [-0.39, 0.29) is 19.7 Å². The molecule has 28 heavy (non-hydrogen) atoms. The van der Waals surface area contributed by atoms with Gasteiger partial charge in [-0.25, -0.2) is 0 Å². The van der Waals surface area contributed by atoms with Crippen molar-refractivity contribution in [2.24, 2.45) is 23.4 Å². The molecule has 0 bridgehead atoms. The highest BCUT2D eigenvalue weighted by Gasteiger charge is 2.18. The average Bonchev–Trinajstić information content (AvgIpc) is 2.59. The zero-order valence-corrected chi connectivity index (χ0v) is 17.3.